The van der Waals surface area contributed by atoms with Crippen LogP contribution >= 0.6 is 0 Å². The van der Waals surface area contributed by atoms with E-state index < -0.39 is 5.97 Å². The number of methoxy groups -OCH3 is 1. The van der Waals surface area contributed by atoms with Crippen LogP contribution < -0.4 is 9.47 Å². The summed E-state index contributed by atoms with van der Waals surface area (Å²) in [6, 6.07) is 4.06. The van der Waals surface area contributed by atoms with Crippen LogP contribution in [0.15, 0.2) is 48.1 Å². The van der Waals surface area contributed by atoms with Crippen molar-refractivity contribution in [3.8, 4) is 11.5 Å². The lowest BCUT2D eigenvalue weighted by Crippen LogP contribution is -2.29. The van der Waals surface area contributed by atoms with Crippen LogP contribution in [-0.2, 0) is 4.79 Å². The Morgan fingerprint density at radius 1 is 1.30 bits per heavy atom. The molecule has 1 heterocycles. The van der Waals surface area contributed by atoms with Gasteiger partial charge in [0, 0.05) is 23.3 Å². The number of benzene rings is 1. The zero-order valence-corrected chi connectivity index (χ0v) is 16.9. The molecule has 0 atom stereocenters. The molecule has 2 rings (SSSR count). The zero-order valence-electron chi connectivity index (χ0n) is 16.9. The van der Waals surface area contributed by atoms with E-state index in [0.717, 1.165) is 34.6 Å². The van der Waals surface area contributed by atoms with Crippen LogP contribution in [0.5, 0.6) is 11.5 Å². The highest BCUT2D eigenvalue weighted by Gasteiger charge is 2.27. The second-order valence-corrected chi connectivity index (χ2v) is 7.21. The van der Waals surface area contributed by atoms with Crippen molar-refractivity contribution in [3.05, 3.63) is 59.2 Å². The van der Waals surface area contributed by atoms with Gasteiger partial charge in [0.25, 0.3) is 0 Å². The number of aliphatic carboxylic acids is 1. The maximum absolute atomic E-state index is 10.7. The Kier molecular flexibility index (Phi) is 6.32. The molecule has 0 fully saturated rings. The van der Waals surface area contributed by atoms with Crippen molar-refractivity contribution in [2.45, 2.75) is 46.6 Å². The molecule has 1 aromatic rings. The molecule has 4 heteroatoms. The first-order chi connectivity index (χ1) is 12.7. The number of allylic oxidation sites excluding steroid dienone is 6. The summed E-state index contributed by atoms with van der Waals surface area (Å²) >= 11 is 0. The summed E-state index contributed by atoms with van der Waals surface area (Å²) in [6.45, 7) is 10.0. The van der Waals surface area contributed by atoms with E-state index in [-0.39, 0.29) is 5.60 Å². The fraction of sp³-hybridized carbons (Fsp3) is 0.348. The molecule has 0 aromatic heterocycles. The van der Waals surface area contributed by atoms with Gasteiger partial charge >= 0.3 is 5.97 Å². The van der Waals surface area contributed by atoms with E-state index >= 15 is 0 Å². The third-order valence-corrected chi connectivity index (χ3v) is 4.40. The normalized spacial score (nSPS) is 16.6. The molecule has 27 heavy (non-hydrogen) atoms. The van der Waals surface area contributed by atoms with Gasteiger partial charge in [0.05, 0.1) is 7.11 Å². The Hall–Kier alpha value is -2.75. The molecule has 144 valence electrons. The molecule has 0 aliphatic carbocycles. The minimum absolute atomic E-state index is 0.341. The number of ether oxygens (including phenoxy) is 2. The van der Waals surface area contributed by atoms with Gasteiger partial charge in [-0.1, -0.05) is 25.2 Å². The minimum atomic E-state index is -0.948. The molecule has 0 bridgehead atoms. The Morgan fingerprint density at radius 3 is 2.59 bits per heavy atom. The number of hydrogen-bond acceptors (Lipinski definition) is 3. The molecule has 1 aromatic carbocycles. The fourth-order valence-corrected chi connectivity index (χ4v) is 3.15. The summed E-state index contributed by atoms with van der Waals surface area (Å²) in [5, 5.41) is 8.78. The van der Waals surface area contributed by atoms with Crippen LogP contribution in [0.2, 0.25) is 0 Å². The molecule has 0 radical (unpaired) electrons. The predicted octanol–water partition coefficient (Wildman–Crippen LogP) is 5.65. The van der Waals surface area contributed by atoms with Crippen molar-refractivity contribution in [3.63, 3.8) is 0 Å². The summed E-state index contributed by atoms with van der Waals surface area (Å²) in [4.78, 5) is 10.7. The molecule has 0 saturated carbocycles. The standard InChI is InChI=1S/C23H28O4/c1-7-17-14-23(4,5)27-21-13-20(26-6)18(12-19(17)21)16(3)10-8-9-15(2)11-22(24)25/h8-14H,7H2,1-6H3,(H,24,25). The lowest BCUT2D eigenvalue weighted by molar-refractivity contribution is -0.131. The molecule has 0 spiro atoms. The van der Waals surface area contributed by atoms with E-state index in [1.54, 1.807) is 20.1 Å². The van der Waals surface area contributed by atoms with Crippen molar-refractivity contribution < 1.29 is 19.4 Å². The zero-order chi connectivity index (χ0) is 20.2. The molecule has 0 unspecified atom stereocenters. The van der Waals surface area contributed by atoms with E-state index in [4.69, 9.17) is 14.6 Å². The highest BCUT2D eigenvalue weighted by molar-refractivity contribution is 5.82. The summed E-state index contributed by atoms with van der Waals surface area (Å²) in [7, 11) is 1.65. The first-order valence-electron chi connectivity index (χ1n) is 9.06. The first-order valence-corrected chi connectivity index (χ1v) is 9.06. The number of carboxylic acids is 1. The van der Waals surface area contributed by atoms with Crippen LogP contribution in [-0.4, -0.2) is 23.8 Å². The highest BCUT2D eigenvalue weighted by Crippen LogP contribution is 2.42. The van der Waals surface area contributed by atoms with Crippen molar-refractivity contribution >= 4 is 17.1 Å². The number of fused-ring (bicyclic) bond motifs is 1. The maximum atomic E-state index is 10.7. The fourth-order valence-electron chi connectivity index (χ4n) is 3.15. The molecule has 1 aliphatic heterocycles. The Bertz CT molecular complexity index is 851. The molecular formula is C23H28O4. The van der Waals surface area contributed by atoms with E-state index in [1.165, 1.54) is 11.6 Å². The molecule has 1 aliphatic rings. The van der Waals surface area contributed by atoms with E-state index in [0.29, 0.717) is 5.57 Å². The Labute approximate surface area is 161 Å². The number of carbonyl (C=O) groups is 1. The van der Waals surface area contributed by atoms with Crippen molar-refractivity contribution in [1.82, 2.24) is 0 Å². The van der Waals surface area contributed by atoms with Crippen LogP contribution in [0.25, 0.3) is 11.1 Å². The number of rotatable bonds is 6. The van der Waals surface area contributed by atoms with E-state index in [2.05, 4.69) is 32.9 Å². The van der Waals surface area contributed by atoms with E-state index in [1.807, 2.05) is 25.1 Å². The minimum Gasteiger partial charge on any atom is -0.496 e. The monoisotopic (exact) mass is 368 g/mol. The molecule has 0 saturated heterocycles. The molecule has 4 nitrogen and oxygen atoms in total. The highest BCUT2D eigenvalue weighted by atomic mass is 16.5. The lowest BCUT2D eigenvalue weighted by Gasteiger charge is -2.32. The number of carboxylic acid groups (broad SMARTS) is 1. The van der Waals surface area contributed by atoms with Gasteiger partial charge in [-0.3, -0.25) is 0 Å². The average molecular weight is 368 g/mol. The van der Waals surface area contributed by atoms with Gasteiger partial charge in [0.15, 0.2) is 0 Å². The van der Waals surface area contributed by atoms with Crippen molar-refractivity contribution in [2.24, 2.45) is 0 Å². The Morgan fingerprint density at radius 2 is 2.00 bits per heavy atom. The number of hydrogen-bond donors (Lipinski definition) is 1. The summed E-state index contributed by atoms with van der Waals surface area (Å²) in [6.07, 6.45) is 9.84. The summed E-state index contributed by atoms with van der Waals surface area (Å²) < 4.78 is 11.7. The van der Waals surface area contributed by atoms with E-state index in [9.17, 15) is 4.79 Å². The first kappa shape index (κ1) is 20.6. The van der Waals surface area contributed by atoms with Gasteiger partial charge in [-0.2, -0.15) is 0 Å². The van der Waals surface area contributed by atoms with Crippen LogP contribution in [0, 0.1) is 0 Å². The second-order valence-electron chi connectivity index (χ2n) is 7.21. The SMILES string of the molecule is CCC1=CC(C)(C)Oc2cc(OC)c(C(C)=CC=CC(C)=CC(=O)O)cc21. The van der Waals surface area contributed by atoms with Gasteiger partial charge in [-0.15, -0.1) is 0 Å². The smallest absolute Gasteiger partial charge is 0.328 e. The van der Waals surface area contributed by atoms with Crippen molar-refractivity contribution in [2.75, 3.05) is 7.11 Å². The molecular weight excluding hydrogens is 340 g/mol. The topological polar surface area (TPSA) is 55.8 Å². The lowest BCUT2D eigenvalue weighted by atomic mass is 9.90. The van der Waals surface area contributed by atoms with Gasteiger partial charge in [0.2, 0.25) is 0 Å². The van der Waals surface area contributed by atoms with Crippen molar-refractivity contribution in [1.29, 1.82) is 0 Å². The third-order valence-electron chi connectivity index (χ3n) is 4.40. The van der Waals surface area contributed by atoms with Crippen LogP contribution in [0.4, 0.5) is 0 Å². The van der Waals surface area contributed by atoms with Crippen LogP contribution in [0.1, 0.15) is 52.2 Å². The Balaban J connectivity index is 2.44. The van der Waals surface area contributed by atoms with Gasteiger partial charge in [-0.25, -0.2) is 4.79 Å². The van der Waals surface area contributed by atoms with Crippen LogP contribution in [0.3, 0.4) is 0 Å². The quantitative estimate of drug-likeness (QED) is 0.521. The second kappa shape index (κ2) is 8.30. The van der Waals surface area contributed by atoms with Gasteiger partial charge in [-0.05, 0) is 63.0 Å². The molecule has 0 amide bonds. The molecule has 1 N–H and O–H groups in total. The average Bonchev–Trinajstić information content (AvgIpc) is 2.58. The third kappa shape index (κ3) is 5.13. The predicted molar refractivity (Wildman–Crippen MR) is 110 cm³/mol. The van der Waals surface area contributed by atoms with Gasteiger partial charge < -0.3 is 14.6 Å². The maximum Gasteiger partial charge on any atom is 0.328 e. The van der Waals surface area contributed by atoms with Gasteiger partial charge in [0.1, 0.15) is 17.1 Å². The largest absolute Gasteiger partial charge is 0.496 e. The summed E-state index contributed by atoms with van der Waals surface area (Å²) in [5.41, 5.74) is 4.69. The summed E-state index contributed by atoms with van der Waals surface area (Å²) in [5.74, 6) is 0.640.